The second kappa shape index (κ2) is 4.66. The first-order valence-electron chi connectivity index (χ1n) is 6.68. The van der Waals surface area contributed by atoms with E-state index in [1.165, 1.54) is 4.90 Å². The van der Waals surface area contributed by atoms with Crippen molar-refractivity contribution >= 4 is 17.5 Å². The van der Waals surface area contributed by atoms with Crippen LogP contribution in [0.15, 0.2) is 18.2 Å². The van der Waals surface area contributed by atoms with Crippen molar-refractivity contribution in [2.75, 3.05) is 37.6 Å². The second-order valence-corrected chi connectivity index (χ2v) is 4.82. The topological polar surface area (TPSA) is 52.7 Å². The first kappa shape index (κ1) is 12.2. The fraction of sp³-hybridized carbons (Fsp3) is 0.429. The Morgan fingerprint density at radius 1 is 1.11 bits per heavy atom. The summed E-state index contributed by atoms with van der Waals surface area (Å²) in [6.45, 7) is 6.00. The lowest BCUT2D eigenvalue weighted by atomic mass is 10.1. The zero-order chi connectivity index (χ0) is 13.4. The third-order valence-corrected chi connectivity index (χ3v) is 3.75. The van der Waals surface area contributed by atoms with E-state index in [1.807, 2.05) is 19.1 Å². The lowest BCUT2D eigenvalue weighted by molar-refractivity contribution is 0.0663. The van der Waals surface area contributed by atoms with Crippen molar-refractivity contribution in [3.8, 4) is 0 Å². The lowest BCUT2D eigenvalue weighted by Crippen LogP contribution is -2.43. The van der Waals surface area contributed by atoms with Crippen LogP contribution in [-0.4, -0.2) is 49.4 Å². The molecule has 0 atom stereocenters. The Kier molecular flexibility index (Phi) is 2.98. The van der Waals surface area contributed by atoms with E-state index in [4.69, 9.17) is 0 Å². The fourth-order valence-electron chi connectivity index (χ4n) is 2.69. The van der Waals surface area contributed by atoms with Gasteiger partial charge in [-0.15, -0.1) is 0 Å². The number of hydrogen-bond acceptors (Lipinski definition) is 4. The van der Waals surface area contributed by atoms with Crippen LogP contribution in [-0.2, 0) is 0 Å². The predicted molar refractivity (Wildman–Crippen MR) is 72.6 cm³/mol. The molecule has 2 heterocycles. The summed E-state index contributed by atoms with van der Waals surface area (Å²) in [7, 11) is 0. The number of hydrogen-bond donors (Lipinski definition) is 1. The molecule has 2 aliphatic heterocycles. The monoisotopic (exact) mass is 259 g/mol. The number of fused-ring (bicyclic) bond motifs is 1. The van der Waals surface area contributed by atoms with Gasteiger partial charge in [0, 0.05) is 38.4 Å². The Balaban J connectivity index is 1.95. The molecule has 2 aliphatic rings. The Bertz CT molecular complexity index is 535. The molecule has 0 spiro atoms. The quantitative estimate of drug-likeness (QED) is 0.795. The highest BCUT2D eigenvalue weighted by Gasteiger charge is 2.34. The highest BCUT2D eigenvalue weighted by molar-refractivity contribution is 6.21. The zero-order valence-corrected chi connectivity index (χ0v) is 11.0. The molecule has 1 N–H and O–H groups in total. The molecule has 1 saturated heterocycles. The fourth-order valence-corrected chi connectivity index (χ4v) is 2.69. The number of rotatable bonds is 2. The summed E-state index contributed by atoms with van der Waals surface area (Å²) in [5.41, 5.74) is 2.10. The second-order valence-electron chi connectivity index (χ2n) is 4.82. The number of piperazine rings is 1. The van der Waals surface area contributed by atoms with Gasteiger partial charge in [-0.1, -0.05) is 0 Å². The van der Waals surface area contributed by atoms with E-state index >= 15 is 0 Å². The molecule has 1 aromatic rings. The summed E-state index contributed by atoms with van der Waals surface area (Å²) in [6, 6.07) is 5.58. The molecule has 1 fully saturated rings. The first-order valence-corrected chi connectivity index (χ1v) is 6.68. The smallest absolute Gasteiger partial charge is 0.261 e. The summed E-state index contributed by atoms with van der Waals surface area (Å²) >= 11 is 0. The van der Waals surface area contributed by atoms with E-state index < -0.39 is 0 Å². The maximum absolute atomic E-state index is 12.1. The number of benzene rings is 1. The van der Waals surface area contributed by atoms with Crippen LogP contribution in [0.5, 0.6) is 0 Å². The number of nitrogens with zero attached hydrogens (tertiary/aromatic N) is 2. The van der Waals surface area contributed by atoms with Crippen molar-refractivity contribution in [1.82, 2.24) is 10.2 Å². The zero-order valence-electron chi connectivity index (χ0n) is 11.0. The van der Waals surface area contributed by atoms with Gasteiger partial charge in [-0.2, -0.15) is 0 Å². The maximum Gasteiger partial charge on any atom is 0.261 e. The third-order valence-electron chi connectivity index (χ3n) is 3.75. The minimum absolute atomic E-state index is 0.167. The number of nitrogens with one attached hydrogen (secondary N) is 1. The van der Waals surface area contributed by atoms with Crippen molar-refractivity contribution in [2.24, 2.45) is 0 Å². The first-order chi connectivity index (χ1) is 9.22. The molecule has 1 aromatic carbocycles. The molecule has 3 rings (SSSR count). The molecule has 0 radical (unpaired) electrons. The van der Waals surface area contributed by atoms with E-state index in [9.17, 15) is 9.59 Å². The number of anilines is 1. The van der Waals surface area contributed by atoms with E-state index in [0.29, 0.717) is 17.7 Å². The SMILES string of the molecule is CCN1C(=O)c2ccc(N3CCNCC3)cc2C1=O. The van der Waals surface area contributed by atoms with Crippen LogP contribution >= 0.6 is 0 Å². The number of carbonyl (C=O) groups is 2. The van der Waals surface area contributed by atoms with Crippen molar-refractivity contribution in [1.29, 1.82) is 0 Å². The summed E-state index contributed by atoms with van der Waals surface area (Å²) in [5, 5.41) is 3.30. The standard InChI is InChI=1S/C14H17N3O2/c1-2-17-13(18)11-4-3-10(9-12(11)14(17)19)16-7-5-15-6-8-16/h3-4,9,15H,2,5-8H2,1H3. The van der Waals surface area contributed by atoms with E-state index in [-0.39, 0.29) is 11.8 Å². The average molecular weight is 259 g/mol. The highest BCUT2D eigenvalue weighted by Crippen LogP contribution is 2.27. The van der Waals surface area contributed by atoms with Gasteiger partial charge < -0.3 is 10.2 Å². The molecule has 19 heavy (non-hydrogen) atoms. The van der Waals surface area contributed by atoms with Gasteiger partial charge >= 0.3 is 0 Å². The van der Waals surface area contributed by atoms with Crippen LogP contribution in [0.3, 0.4) is 0 Å². The van der Waals surface area contributed by atoms with Crippen molar-refractivity contribution in [3.63, 3.8) is 0 Å². The Morgan fingerprint density at radius 3 is 2.47 bits per heavy atom. The number of carbonyl (C=O) groups excluding carboxylic acids is 2. The van der Waals surface area contributed by atoms with Gasteiger partial charge in [0.2, 0.25) is 0 Å². The largest absolute Gasteiger partial charge is 0.369 e. The van der Waals surface area contributed by atoms with Gasteiger partial charge in [0.25, 0.3) is 11.8 Å². The molecule has 100 valence electrons. The van der Waals surface area contributed by atoms with Crippen LogP contribution in [0.25, 0.3) is 0 Å². The normalized spacial score (nSPS) is 19.0. The van der Waals surface area contributed by atoms with Crippen molar-refractivity contribution in [2.45, 2.75) is 6.92 Å². The number of imide groups is 1. The average Bonchev–Trinajstić information content (AvgIpc) is 2.71. The van der Waals surface area contributed by atoms with Crippen LogP contribution in [0, 0.1) is 0 Å². The Morgan fingerprint density at radius 2 is 1.79 bits per heavy atom. The highest BCUT2D eigenvalue weighted by atomic mass is 16.2. The summed E-state index contributed by atoms with van der Waals surface area (Å²) in [4.78, 5) is 27.7. The van der Waals surface area contributed by atoms with E-state index in [2.05, 4.69) is 10.2 Å². The molecule has 0 aliphatic carbocycles. The van der Waals surface area contributed by atoms with Gasteiger partial charge in [-0.25, -0.2) is 0 Å². The molecule has 5 heteroatoms. The van der Waals surface area contributed by atoms with Crippen LogP contribution in [0.4, 0.5) is 5.69 Å². The molecule has 2 amide bonds. The molecule has 0 aromatic heterocycles. The lowest BCUT2D eigenvalue weighted by Gasteiger charge is -2.29. The molecule has 0 saturated carbocycles. The van der Waals surface area contributed by atoms with Crippen molar-refractivity contribution in [3.05, 3.63) is 29.3 Å². The van der Waals surface area contributed by atoms with Crippen LogP contribution in [0.2, 0.25) is 0 Å². The summed E-state index contributed by atoms with van der Waals surface area (Å²) in [6.07, 6.45) is 0. The van der Waals surface area contributed by atoms with Crippen LogP contribution in [0.1, 0.15) is 27.6 Å². The summed E-state index contributed by atoms with van der Waals surface area (Å²) in [5.74, 6) is -0.339. The van der Waals surface area contributed by atoms with Gasteiger partial charge in [-0.05, 0) is 25.1 Å². The minimum atomic E-state index is -0.172. The van der Waals surface area contributed by atoms with Gasteiger partial charge in [0.05, 0.1) is 11.1 Å². The maximum atomic E-state index is 12.1. The summed E-state index contributed by atoms with van der Waals surface area (Å²) < 4.78 is 0. The molecular formula is C14H17N3O2. The third kappa shape index (κ3) is 1.90. The molecule has 5 nitrogen and oxygen atoms in total. The minimum Gasteiger partial charge on any atom is -0.369 e. The molecule has 0 unspecified atom stereocenters. The van der Waals surface area contributed by atoms with Crippen molar-refractivity contribution < 1.29 is 9.59 Å². The predicted octanol–water partition coefficient (Wildman–Crippen LogP) is 0.712. The van der Waals surface area contributed by atoms with Gasteiger partial charge in [0.1, 0.15) is 0 Å². The van der Waals surface area contributed by atoms with Crippen LogP contribution < -0.4 is 10.2 Å². The van der Waals surface area contributed by atoms with E-state index in [1.54, 1.807) is 6.07 Å². The Labute approximate surface area is 112 Å². The van der Waals surface area contributed by atoms with Gasteiger partial charge in [-0.3, -0.25) is 14.5 Å². The molecular weight excluding hydrogens is 242 g/mol. The number of amides is 2. The van der Waals surface area contributed by atoms with Gasteiger partial charge in [0.15, 0.2) is 0 Å². The Hall–Kier alpha value is -1.88. The molecule has 0 bridgehead atoms. The van der Waals surface area contributed by atoms with E-state index in [0.717, 1.165) is 31.9 Å².